The number of rotatable bonds is 5. The molecule has 7 nitrogen and oxygen atoms in total. The molecule has 4 rings (SSSR count). The van der Waals surface area contributed by atoms with Gasteiger partial charge in [0.1, 0.15) is 11.4 Å². The van der Waals surface area contributed by atoms with Gasteiger partial charge in [-0.15, -0.1) is 0 Å². The lowest BCUT2D eigenvalue weighted by Gasteiger charge is -2.27. The third-order valence-electron chi connectivity index (χ3n) is 5.16. The molecular weight excluding hydrogens is 328 g/mol. The molecule has 1 fully saturated rings. The third-order valence-corrected chi connectivity index (χ3v) is 5.16. The minimum absolute atomic E-state index is 0.224. The fraction of sp³-hybridized carbons (Fsp3) is 0.368. The molecule has 2 aliphatic rings. The average molecular weight is 350 g/mol. The summed E-state index contributed by atoms with van der Waals surface area (Å²) in [5.41, 5.74) is 14.7. The number of nitrogens with two attached hydrogens (primary N) is 1. The Kier molecular flexibility index (Phi) is 4.38. The Morgan fingerprint density at radius 3 is 2.85 bits per heavy atom. The number of aromatic nitrogens is 3. The van der Waals surface area contributed by atoms with Crippen LogP contribution in [0.3, 0.4) is 0 Å². The Morgan fingerprint density at radius 1 is 1.35 bits per heavy atom. The second-order valence-electron chi connectivity index (χ2n) is 6.77. The summed E-state index contributed by atoms with van der Waals surface area (Å²) in [7, 11) is 0. The predicted molar refractivity (Wildman–Crippen MR) is 99.6 cm³/mol. The molecule has 0 spiro atoms. The molecule has 2 aromatic rings. The molecule has 0 aromatic carbocycles. The van der Waals surface area contributed by atoms with E-state index in [0.717, 1.165) is 17.8 Å². The lowest BCUT2D eigenvalue weighted by Crippen LogP contribution is -2.16. The summed E-state index contributed by atoms with van der Waals surface area (Å²) < 4.78 is 0. The molecule has 1 amide bonds. The lowest BCUT2D eigenvalue weighted by molar-refractivity contribution is -0.116. The SMILES string of the molecule is Cc1[nH]c(C=C2C(=O)NN=C2c2cnccn2)c(C2CCC2)c1CCN. The van der Waals surface area contributed by atoms with Crippen molar-refractivity contribution >= 4 is 17.7 Å². The van der Waals surface area contributed by atoms with Crippen molar-refractivity contribution in [3.63, 3.8) is 0 Å². The van der Waals surface area contributed by atoms with Crippen molar-refractivity contribution < 1.29 is 4.79 Å². The van der Waals surface area contributed by atoms with Gasteiger partial charge in [0.2, 0.25) is 0 Å². The van der Waals surface area contributed by atoms with Gasteiger partial charge in [-0.3, -0.25) is 14.8 Å². The monoisotopic (exact) mass is 350 g/mol. The number of nitrogens with zero attached hydrogens (tertiary/aromatic N) is 3. The van der Waals surface area contributed by atoms with Crippen LogP contribution in [-0.2, 0) is 11.2 Å². The summed E-state index contributed by atoms with van der Waals surface area (Å²) >= 11 is 0. The molecule has 0 unspecified atom stereocenters. The number of aryl methyl sites for hydroxylation is 1. The molecule has 1 aliphatic heterocycles. The van der Waals surface area contributed by atoms with Crippen molar-refractivity contribution in [2.24, 2.45) is 10.8 Å². The second-order valence-corrected chi connectivity index (χ2v) is 6.77. The number of hydrogen-bond donors (Lipinski definition) is 3. The lowest BCUT2D eigenvalue weighted by atomic mass is 9.77. The van der Waals surface area contributed by atoms with Crippen LogP contribution < -0.4 is 11.2 Å². The molecule has 0 bridgehead atoms. The molecular formula is C19H22N6O. The summed E-state index contributed by atoms with van der Waals surface area (Å²) in [6.45, 7) is 2.68. The number of amides is 1. The molecule has 0 atom stereocenters. The van der Waals surface area contributed by atoms with E-state index in [2.05, 4.69) is 32.4 Å². The summed E-state index contributed by atoms with van der Waals surface area (Å²) in [5.74, 6) is 0.313. The van der Waals surface area contributed by atoms with Gasteiger partial charge in [0, 0.05) is 23.8 Å². The van der Waals surface area contributed by atoms with Gasteiger partial charge in [-0.2, -0.15) is 5.10 Å². The average Bonchev–Trinajstić information content (AvgIpc) is 3.10. The first-order chi connectivity index (χ1) is 12.7. The van der Waals surface area contributed by atoms with Crippen molar-refractivity contribution in [3.8, 4) is 0 Å². The Morgan fingerprint density at radius 2 is 2.19 bits per heavy atom. The van der Waals surface area contributed by atoms with Gasteiger partial charge in [-0.05, 0) is 55.9 Å². The minimum Gasteiger partial charge on any atom is -0.359 e. The fourth-order valence-electron chi connectivity index (χ4n) is 3.68. The first kappa shape index (κ1) is 16.7. The fourth-order valence-corrected chi connectivity index (χ4v) is 3.68. The zero-order chi connectivity index (χ0) is 18.1. The van der Waals surface area contributed by atoms with Crippen LogP contribution in [-0.4, -0.2) is 33.1 Å². The predicted octanol–water partition coefficient (Wildman–Crippen LogP) is 1.80. The van der Waals surface area contributed by atoms with Gasteiger partial charge in [-0.25, -0.2) is 5.43 Å². The summed E-state index contributed by atoms with van der Waals surface area (Å²) in [4.78, 5) is 24.2. The zero-order valence-electron chi connectivity index (χ0n) is 14.7. The Hall–Kier alpha value is -2.80. The van der Waals surface area contributed by atoms with E-state index >= 15 is 0 Å². The van der Waals surface area contributed by atoms with E-state index in [-0.39, 0.29) is 5.91 Å². The smallest absolute Gasteiger partial charge is 0.273 e. The highest BCUT2D eigenvalue weighted by Gasteiger charge is 2.30. The van der Waals surface area contributed by atoms with E-state index in [1.807, 2.05) is 6.08 Å². The van der Waals surface area contributed by atoms with Gasteiger partial charge in [0.15, 0.2) is 0 Å². The standard InChI is InChI=1S/C19H22N6O/c1-11-13(5-6-20)17(12-3-2-4-12)15(23-11)9-14-18(24-25-19(14)26)16-10-21-7-8-22-16/h7-10,12,23H,2-6,20H2,1H3,(H,25,26). The Balaban J connectivity index is 1.78. The molecule has 134 valence electrons. The van der Waals surface area contributed by atoms with Crippen LogP contribution in [0.4, 0.5) is 0 Å². The molecule has 2 aromatic heterocycles. The highest BCUT2D eigenvalue weighted by Crippen LogP contribution is 2.41. The van der Waals surface area contributed by atoms with Crippen LogP contribution >= 0.6 is 0 Å². The zero-order valence-corrected chi connectivity index (χ0v) is 14.7. The molecule has 7 heteroatoms. The molecule has 3 heterocycles. The van der Waals surface area contributed by atoms with E-state index in [4.69, 9.17) is 5.73 Å². The largest absolute Gasteiger partial charge is 0.359 e. The quantitative estimate of drug-likeness (QED) is 0.714. The van der Waals surface area contributed by atoms with Crippen LogP contribution in [0.25, 0.3) is 6.08 Å². The molecule has 0 radical (unpaired) electrons. The van der Waals surface area contributed by atoms with Crippen LogP contribution in [0.5, 0.6) is 0 Å². The number of carbonyl (C=O) groups is 1. The summed E-state index contributed by atoms with van der Waals surface area (Å²) in [5, 5.41) is 4.15. The first-order valence-corrected chi connectivity index (χ1v) is 8.97. The van der Waals surface area contributed by atoms with E-state index in [9.17, 15) is 4.79 Å². The maximum atomic E-state index is 12.4. The molecule has 0 saturated heterocycles. The van der Waals surface area contributed by atoms with Crippen molar-refractivity contribution in [1.29, 1.82) is 0 Å². The summed E-state index contributed by atoms with van der Waals surface area (Å²) in [6, 6.07) is 0. The number of hydrazone groups is 1. The Labute approximate surface area is 151 Å². The van der Waals surface area contributed by atoms with Crippen molar-refractivity contribution in [2.45, 2.75) is 38.5 Å². The Bertz CT molecular complexity index is 892. The molecule has 1 aliphatic carbocycles. The number of aromatic amines is 1. The minimum atomic E-state index is -0.224. The first-order valence-electron chi connectivity index (χ1n) is 8.97. The topological polar surface area (TPSA) is 109 Å². The van der Waals surface area contributed by atoms with Gasteiger partial charge in [0.05, 0.1) is 11.8 Å². The number of hydrogen-bond acceptors (Lipinski definition) is 5. The van der Waals surface area contributed by atoms with Crippen molar-refractivity contribution in [3.05, 3.63) is 52.4 Å². The van der Waals surface area contributed by atoms with Crippen LogP contribution in [0, 0.1) is 6.92 Å². The molecule has 4 N–H and O–H groups in total. The number of carbonyl (C=O) groups excluding carboxylic acids is 1. The third kappa shape index (κ3) is 2.84. The van der Waals surface area contributed by atoms with Gasteiger partial charge >= 0.3 is 0 Å². The van der Waals surface area contributed by atoms with E-state index < -0.39 is 0 Å². The van der Waals surface area contributed by atoms with E-state index in [0.29, 0.717) is 29.4 Å². The van der Waals surface area contributed by atoms with Crippen molar-refractivity contribution in [1.82, 2.24) is 20.4 Å². The van der Waals surface area contributed by atoms with E-state index in [1.54, 1.807) is 18.6 Å². The number of H-pyrrole nitrogens is 1. The van der Waals surface area contributed by atoms with Crippen LogP contribution in [0.1, 0.15) is 53.4 Å². The second kappa shape index (κ2) is 6.84. The van der Waals surface area contributed by atoms with Gasteiger partial charge in [0.25, 0.3) is 5.91 Å². The van der Waals surface area contributed by atoms with Gasteiger partial charge < -0.3 is 10.7 Å². The van der Waals surface area contributed by atoms with Crippen LogP contribution in [0.2, 0.25) is 0 Å². The summed E-state index contributed by atoms with van der Waals surface area (Å²) in [6.07, 6.45) is 11.2. The molecule has 1 saturated carbocycles. The van der Waals surface area contributed by atoms with E-state index in [1.165, 1.54) is 30.4 Å². The maximum absolute atomic E-state index is 12.4. The van der Waals surface area contributed by atoms with Crippen LogP contribution in [0.15, 0.2) is 29.3 Å². The van der Waals surface area contributed by atoms with Crippen molar-refractivity contribution in [2.75, 3.05) is 6.54 Å². The normalized spacial score (nSPS) is 18.8. The van der Waals surface area contributed by atoms with Gasteiger partial charge in [-0.1, -0.05) is 6.42 Å². The maximum Gasteiger partial charge on any atom is 0.273 e. The number of nitrogens with one attached hydrogen (secondary N) is 2. The molecule has 26 heavy (non-hydrogen) atoms. The highest BCUT2D eigenvalue weighted by molar-refractivity contribution is 6.32. The highest BCUT2D eigenvalue weighted by atomic mass is 16.2.